The van der Waals surface area contributed by atoms with Crippen LogP contribution in [-0.4, -0.2) is 9.97 Å². The Balaban J connectivity index is 1.99. The summed E-state index contributed by atoms with van der Waals surface area (Å²) in [5.41, 5.74) is 3.69. The van der Waals surface area contributed by atoms with Crippen LogP contribution in [0.3, 0.4) is 0 Å². The Morgan fingerprint density at radius 2 is 1.79 bits per heavy atom. The topological polar surface area (TPSA) is 38.9 Å². The maximum Gasteiger partial charge on any atom is 0.153 e. The summed E-state index contributed by atoms with van der Waals surface area (Å²) in [5, 5.41) is 2.20. The second-order valence-electron chi connectivity index (χ2n) is 4.40. The van der Waals surface area contributed by atoms with Gasteiger partial charge in [-0.3, -0.25) is 9.97 Å². The Bertz CT molecular complexity index is 866. The summed E-state index contributed by atoms with van der Waals surface area (Å²) >= 11 is 0. The van der Waals surface area contributed by atoms with E-state index in [-0.39, 0.29) is 0 Å². The molecule has 0 bridgehead atoms. The molecule has 4 rings (SSSR count). The van der Waals surface area contributed by atoms with Crippen LogP contribution in [0.5, 0.6) is 0 Å². The summed E-state index contributed by atoms with van der Waals surface area (Å²) in [4.78, 5) is 8.44. The minimum atomic E-state index is 0.815. The van der Waals surface area contributed by atoms with Crippen LogP contribution in [0.15, 0.2) is 65.5 Å². The molecule has 4 aromatic rings. The molecule has 0 aliphatic carbocycles. The first-order valence-corrected chi connectivity index (χ1v) is 6.09. The molecule has 0 spiro atoms. The summed E-state index contributed by atoms with van der Waals surface area (Å²) in [6, 6.07) is 14.0. The minimum absolute atomic E-state index is 0.815. The van der Waals surface area contributed by atoms with Gasteiger partial charge in [0.15, 0.2) is 5.58 Å². The molecular weight excluding hydrogens is 236 g/mol. The number of rotatable bonds is 1. The molecular formula is C16H10N2O. The second-order valence-corrected chi connectivity index (χ2v) is 4.40. The monoisotopic (exact) mass is 246 g/mol. The van der Waals surface area contributed by atoms with E-state index in [4.69, 9.17) is 4.42 Å². The number of hydrogen-bond acceptors (Lipinski definition) is 3. The number of aromatic nitrogens is 2. The normalized spacial score (nSPS) is 11.2. The van der Waals surface area contributed by atoms with Gasteiger partial charge in [0.1, 0.15) is 5.58 Å². The van der Waals surface area contributed by atoms with Crippen LogP contribution >= 0.6 is 0 Å². The Labute approximate surface area is 109 Å². The van der Waals surface area contributed by atoms with Gasteiger partial charge in [0.25, 0.3) is 0 Å². The molecule has 0 atom stereocenters. The van der Waals surface area contributed by atoms with Crippen molar-refractivity contribution in [3.05, 3.63) is 61.1 Å². The Morgan fingerprint density at radius 1 is 0.842 bits per heavy atom. The van der Waals surface area contributed by atoms with Gasteiger partial charge in [0.05, 0.1) is 11.9 Å². The molecule has 19 heavy (non-hydrogen) atoms. The lowest BCUT2D eigenvalue weighted by Gasteiger charge is -1.99. The van der Waals surface area contributed by atoms with E-state index in [1.165, 1.54) is 0 Å². The van der Waals surface area contributed by atoms with E-state index in [9.17, 15) is 0 Å². The van der Waals surface area contributed by atoms with Crippen LogP contribution in [-0.2, 0) is 0 Å². The molecule has 3 heteroatoms. The number of hydrogen-bond donors (Lipinski definition) is 0. The fraction of sp³-hybridized carbons (Fsp3) is 0. The van der Waals surface area contributed by atoms with E-state index in [1.807, 2.05) is 30.3 Å². The molecule has 90 valence electrons. The quantitative estimate of drug-likeness (QED) is 0.508. The van der Waals surface area contributed by atoms with Gasteiger partial charge in [0.2, 0.25) is 0 Å². The van der Waals surface area contributed by atoms with E-state index < -0.39 is 0 Å². The Morgan fingerprint density at radius 3 is 2.68 bits per heavy atom. The van der Waals surface area contributed by atoms with Gasteiger partial charge in [0, 0.05) is 28.7 Å². The molecule has 0 N–H and O–H groups in total. The maximum atomic E-state index is 5.82. The first-order chi connectivity index (χ1) is 9.42. The minimum Gasteiger partial charge on any atom is -0.454 e. The van der Waals surface area contributed by atoms with Crippen molar-refractivity contribution in [1.82, 2.24) is 9.97 Å². The Hall–Kier alpha value is -2.68. The van der Waals surface area contributed by atoms with E-state index in [0.29, 0.717) is 0 Å². The molecule has 0 aliphatic rings. The number of benzene rings is 1. The molecule has 1 aromatic carbocycles. The fourth-order valence-corrected chi connectivity index (χ4v) is 2.32. The van der Waals surface area contributed by atoms with Crippen LogP contribution in [0.2, 0.25) is 0 Å². The molecule has 0 fully saturated rings. The van der Waals surface area contributed by atoms with E-state index in [2.05, 4.69) is 22.1 Å². The maximum absolute atomic E-state index is 5.82. The zero-order chi connectivity index (χ0) is 12.7. The third-order valence-corrected chi connectivity index (χ3v) is 3.24. The number of pyridine rings is 2. The molecule has 3 heterocycles. The van der Waals surface area contributed by atoms with Gasteiger partial charge in [-0.05, 0) is 30.3 Å². The Kier molecular flexibility index (Phi) is 2.12. The van der Waals surface area contributed by atoms with Gasteiger partial charge in [-0.25, -0.2) is 0 Å². The third-order valence-electron chi connectivity index (χ3n) is 3.24. The smallest absolute Gasteiger partial charge is 0.153 e. The lowest BCUT2D eigenvalue weighted by Crippen LogP contribution is -1.80. The second kappa shape index (κ2) is 3.92. The number of fused-ring (bicyclic) bond motifs is 3. The molecule has 0 saturated carbocycles. The predicted molar refractivity (Wildman–Crippen MR) is 74.7 cm³/mol. The van der Waals surface area contributed by atoms with Crippen molar-refractivity contribution in [3.63, 3.8) is 0 Å². The largest absolute Gasteiger partial charge is 0.454 e. The summed E-state index contributed by atoms with van der Waals surface area (Å²) in [7, 11) is 0. The van der Waals surface area contributed by atoms with Gasteiger partial charge >= 0.3 is 0 Å². The van der Waals surface area contributed by atoms with Crippen molar-refractivity contribution in [2.45, 2.75) is 0 Å². The van der Waals surface area contributed by atoms with Gasteiger partial charge in [-0.2, -0.15) is 0 Å². The van der Waals surface area contributed by atoms with Crippen LogP contribution in [0.25, 0.3) is 33.2 Å². The molecule has 0 saturated heterocycles. The van der Waals surface area contributed by atoms with Gasteiger partial charge in [-0.15, -0.1) is 0 Å². The van der Waals surface area contributed by atoms with Crippen molar-refractivity contribution < 1.29 is 4.42 Å². The van der Waals surface area contributed by atoms with Crippen molar-refractivity contribution >= 4 is 21.9 Å². The van der Waals surface area contributed by atoms with Crippen LogP contribution in [0.4, 0.5) is 0 Å². The standard InChI is InChI=1S/C16H10N2O/c1-2-7-18-14(3-1)11-4-5-12-13-6-8-17-10-16(13)19-15(12)9-11/h1-10H. The third kappa shape index (κ3) is 1.59. The highest BCUT2D eigenvalue weighted by Crippen LogP contribution is 2.30. The summed E-state index contributed by atoms with van der Waals surface area (Å²) in [5.74, 6) is 0. The van der Waals surface area contributed by atoms with E-state index in [0.717, 1.165) is 33.2 Å². The summed E-state index contributed by atoms with van der Waals surface area (Å²) in [6.45, 7) is 0. The fourth-order valence-electron chi connectivity index (χ4n) is 2.32. The van der Waals surface area contributed by atoms with Crippen LogP contribution in [0.1, 0.15) is 0 Å². The summed E-state index contributed by atoms with van der Waals surface area (Å²) in [6.07, 6.45) is 5.32. The van der Waals surface area contributed by atoms with E-state index in [1.54, 1.807) is 18.6 Å². The van der Waals surface area contributed by atoms with Gasteiger partial charge in [-0.1, -0.05) is 12.1 Å². The molecule has 3 aromatic heterocycles. The SMILES string of the molecule is c1ccc(-c2ccc3c(c2)oc2cnccc23)nc1. The lowest BCUT2D eigenvalue weighted by atomic mass is 10.1. The summed E-state index contributed by atoms with van der Waals surface area (Å²) < 4.78 is 5.82. The molecule has 0 aliphatic heterocycles. The zero-order valence-corrected chi connectivity index (χ0v) is 10.1. The van der Waals surface area contributed by atoms with E-state index >= 15 is 0 Å². The first-order valence-electron chi connectivity index (χ1n) is 6.09. The first kappa shape index (κ1) is 10.3. The average molecular weight is 246 g/mol. The lowest BCUT2D eigenvalue weighted by molar-refractivity contribution is 0.667. The highest BCUT2D eigenvalue weighted by atomic mass is 16.3. The van der Waals surface area contributed by atoms with Crippen molar-refractivity contribution in [1.29, 1.82) is 0 Å². The predicted octanol–water partition coefficient (Wildman–Crippen LogP) is 4.04. The van der Waals surface area contributed by atoms with Crippen LogP contribution in [0, 0.1) is 0 Å². The highest BCUT2D eigenvalue weighted by molar-refractivity contribution is 6.05. The van der Waals surface area contributed by atoms with Crippen molar-refractivity contribution in [3.8, 4) is 11.3 Å². The molecule has 3 nitrogen and oxygen atoms in total. The van der Waals surface area contributed by atoms with Gasteiger partial charge < -0.3 is 4.42 Å². The highest BCUT2D eigenvalue weighted by Gasteiger charge is 2.08. The van der Waals surface area contributed by atoms with Crippen LogP contribution < -0.4 is 0 Å². The molecule has 0 radical (unpaired) electrons. The van der Waals surface area contributed by atoms with Crippen molar-refractivity contribution in [2.75, 3.05) is 0 Å². The molecule has 0 unspecified atom stereocenters. The number of nitrogens with zero attached hydrogens (tertiary/aromatic N) is 2. The zero-order valence-electron chi connectivity index (χ0n) is 10.1. The average Bonchev–Trinajstić information content (AvgIpc) is 2.86. The molecule has 0 amide bonds. The van der Waals surface area contributed by atoms with Crippen molar-refractivity contribution in [2.24, 2.45) is 0 Å². The number of furan rings is 1.